The molecule has 36 heavy (non-hydrogen) atoms. The number of aldehydes is 1. The van der Waals surface area contributed by atoms with Gasteiger partial charge in [-0.3, -0.25) is 14.5 Å². The van der Waals surface area contributed by atoms with Crippen LogP contribution in [-0.2, 0) is 24.3 Å². The van der Waals surface area contributed by atoms with Crippen molar-refractivity contribution in [3.8, 4) is 0 Å². The van der Waals surface area contributed by atoms with Gasteiger partial charge in [0, 0.05) is 31.7 Å². The van der Waals surface area contributed by atoms with Gasteiger partial charge in [0.05, 0.1) is 18.4 Å². The van der Waals surface area contributed by atoms with Crippen LogP contribution in [0.2, 0.25) is 0 Å². The van der Waals surface area contributed by atoms with E-state index in [1.165, 1.54) is 0 Å². The lowest BCUT2D eigenvalue weighted by Crippen LogP contribution is -2.36. The Labute approximate surface area is 218 Å². The molecule has 1 aromatic carbocycles. The van der Waals surface area contributed by atoms with Gasteiger partial charge < -0.3 is 14.4 Å². The highest BCUT2D eigenvalue weighted by molar-refractivity contribution is 7.90. The topological polar surface area (TPSA) is 105 Å². The second-order valence-electron chi connectivity index (χ2n) is 7.59. The quantitative estimate of drug-likeness (QED) is 0.125. The monoisotopic (exact) mass is 523 g/mol. The normalized spacial score (nSPS) is 12.8. The molecule has 8 nitrogen and oxygen atoms in total. The van der Waals surface area contributed by atoms with Crippen molar-refractivity contribution < 1.29 is 22.7 Å². The summed E-state index contributed by atoms with van der Waals surface area (Å²) < 4.78 is 31.2. The van der Waals surface area contributed by atoms with E-state index in [1.54, 1.807) is 44.1 Å². The van der Waals surface area contributed by atoms with Crippen LogP contribution in [0.15, 0.2) is 54.1 Å². The number of amidine groups is 1. The van der Waals surface area contributed by atoms with Crippen LogP contribution < -0.4 is 9.62 Å². The van der Waals surface area contributed by atoms with E-state index < -0.39 is 15.3 Å². The molecule has 0 bridgehead atoms. The predicted molar refractivity (Wildman–Crippen MR) is 151 cm³/mol. The van der Waals surface area contributed by atoms with Gasteiger partial charge in [-0.25, -0.2) is 8.42 Å². The minimum absolute atomic E-state index is 0.0912. The fraction of sp³-hybridized carbons (Fsp3) is 0.519. The maximum absolute atomic E-state index is 11.9. The number of aliphatic imine (C=N–C) groups is 1. The molecule has 1 amide bonds. The molecule has 9 heteroatoms. The van der Waals surface area contributed by atoms with E-state index in [1.807, 2.05) is 52.0 Å². The number of nitrogens with one attached hydrogen (secondary N) is 1. The van der Waals surface area contributed by atoms with Gasteiger partial charge in [-0.15, -0.1) is 6.58 Å². The van der Waals surface area contributed by atoms with Crippen molar-refractivity contribution in [2.45, 2.75) is 59.6 Å². The van der Waals surface area contributed by atoms with Crippen LogP contribution in [0.5, 0.6) is 0 Å². The molecule has 204 valence electrons. The Morgan fingerprint density at radius 1 is 1.22 bits per heavy atom. The van der Waals surface area contributed by atoms with Gasteiger partial charge in [-0.2, -0.15) is 0 Å². The van der Waals surface area contributed by atoms with Crippen molar-refractivity contribution in [2.24, 2.45) is 10.9 Å². The number of anilines is 1. The smallest absolute Gasteiger partial charge is 0.239 e. The molecule has 0 heterocycles. The fourth-order valence-corrected chi connectivity index (χ4v) is 3.67. The Morgan fingerprint density at radius 2 is 1.83 bits per heavy atom. The van der Waals surface area contributed by atoms with Gasteiger partial charge in [0.15, 0.2) is 0 Å². The molecule has 0 aromatic heterocycles. The molecule has 0 fully saturated rings. The van der Waals surface area contributed by atoms with Crippen molar-refractivity contribution in [3.63, 3.8) is 0 Å². The van der Waals surface area contributed by atoms with Gasteiger partial charge >= 0.3 is 0 Å². The van der Waals surface area contributed by atoms with E-state index in [9.17, 15) is 18.0 Å². The number of nitrogens with zero attached hydrogens (tertiary/aromatic N) is 2. The summed E-state index contributed by atoms with van der Waals surface area (Å²) in [4.78, 5) is 27.4. The molecule has 0 saturated carbocycles. The molecule has 0 aliphatic carbocycles. The molecule has 1 rings (SSSR count). The second-order valence-corrected chi connectivity index (χ2v) is 9.63. The van der Waals surface area contributed by atoms with Crippen LogP contribution in [-0.4, -0.2) is 59.0 Å². The third kappa shape index (κ3) is 15.3. The zero-order valence-electron chi connectivity index (χ0n) is 22.9. The number of aryl methyl sites for hydroxylation is 1. The maximum atomic E-state index is 11.9. The molecule has 0 aliphatic heterocycles. The zero-order valence-corrected chi connectivity index (χ0v) is 23.8. The lowest BCUT2D eigenvalue weighted by Gasteiger charge is -2.20. The SMILES string of the molecule is C=CCC(=NCCOC)NS(=O)(=O)C(C)/C=C\C.CC.CCC(C=O)CN(C=O)c1ccc(C)cc1. The highest BCUT2D eigenvalue weighted by atomic mass is 32.2. The average Bonchev–Trinajstić information content (AvgIpc) is 2.87. The zero-order chi connectivity index (χ0) is 28.0. The summed E-state index contributed by atoms with van der Waals surface area (Å²) in [5, 5.41) is -0.597. The third-order valence-electron chi connectivity index (χ3n) is 4.79. The lowest BCUT2D eigenvalue weighted by atomic mass is 10.1. The van der Waals surface area contributed by atoms with E-state index in [4.69, 9.17) is 4.74 Å². The first kappa shape index (κ1) is 35.4. The average molecular weight is 524 g/mol. The number of sulfonamides is 1. The Kier molecular flexibility index (Phi) is 21.1. The van der Waals surface area contributed by atoms with Crippen LogP contribution in [0.25, 0.3) is 0 Å². The van der Waals surface area contributed by atoms with E-state index >= 15 is 0 Å². The van der Waals surface area contributed by atoms with Gasteiger partial charge in [0.25, 0.3) is 0 Å². The van der Waals surface area contributed by atoms with Crippen molar-refractivity contribution >= 4 is 34.2 Å². The standard InChI is InChI=1S/C13H17NO2.C12H22N2O3S.C2H6/c1-3-12(9-15)8-14(10-16)13-6-4-11(2)5-7-13;1-5-7-11(3)18(15,16)14-12(8-6-2)13-9-10-17-4;1-2/h4-7,9-10,12H,3,8H2,1-2H3;5-7,11H,2,8-10H2,1,3-4H3,(H,13,14);1-2H3/b;7-5-;. The first-order chi connectivity index (χ1) is 17.2. The number of benzene rings is 1. The largest absolute Gasteiger partial charge is 0.383 e. The molecule has 2 atom stereocenters. The number of hydrogen-bond acceptors (Lipinski definition) is 6. The summed E-state index contributed by atoms with van der Waals surface area (Å²) in [7, 11) is -1.87. The summed E-state index contributed by atoms with van der Waals surface area (Å²) in [5.41, 5.74) is 1.98. The Bertz CT molecular complexity index is 896. The number of allylic oxidation sites excluding steroid dienone is 1. The van der Waals surface area contributed by atoms with E-state index in [-0.39, 0.29) is 5.92 Å². The molecular weight excluding hydrogens is 478 g/mol. The molecule has 0 radical (unpaired) electrons. The summed E-state index contributed by atoms with van der Waals surface area (Å²) >= 11 is 0. The Hall–Kier alpha value is -2.78. The summed E-state index contributed by atoms with van der Waals surface area (Å²) in [6.07, 6.45) is 7.74. The van der Waals surface area contributed by atoms with Crippen molar-refractivity contribution in [2.75, 3.05) is 31.7 Å². The number of methoxy groups -OCH3 is 1. The summed E-state index contributed by atoms with van der Waals surface area (Å²) in [6.45, 7) is 16.2. The molecule has 0 aliphatic rings. The number of carbonyl (C=O) groups is 2. The van der Waals surface area contributed by atoms with Crippen LogP contribution in [0, 0.1) is 12.8 Å². The second kappa shape index (κ2) is 21.5. The Balaban J connectivity index is 0. The highest BCUT2D eigenvalue weighted by Crippen LogP contribution is 2.15. The molecule has 1 N–H and O–H groups in total. The van der Waals surface area contributed by atoms with Crippen LogP contribution >= 0.6 is 0 Å². The number of rotatable bonds is 14. The van der Waals surface area contributed by atoms with Crippen LogP contribution in [0.3, 0.4) is 0 Å². The summed E-state index contributed by atoms with van der Waals surface area (Å²) in [6, 6.07) is 7.68. The van der Waals surface area contributed by atoms with Gasteiger partial charge in [-0.05, 0) is 39.3 Å². The van der Waals surface area contributed by atoms with Crippen molar-refractivity contribution in [3.05, 3.63) is 54.6 Å². The molecule has 0 spiro atoms. The minimum atomic E-state index is -3.44. The van der Waals surface area contributed by atoms with Gasteiger partial charge in [0.2, 0.25) is 16.4 Å². The molecule has 2 unspecified atom stereocenters. The van der Waals surface area contributed by atoms with E-state index in [0.29, 0.717) is 32.0 Å². The number of carbonyl (C=O) groups excluding carboxylic acids is 2. The first-order valence-electron chi connectivity index (χ1n) is 12.2. The predicted octanol–water partition coefficient (Wildman–Crippen LogP) is 4.70. The number of hydrogen-bond donors (Lipinski definition) is 1. The van der Waals surface area contributed by atoms with Gasteiger partial charge in [-0.1, -0.05) is 56.7 Å². The first-order valence-corrected chi connectivity index (χ1v) is 13.7. The van der Waals surface area contributed by atoms with Crippen molar-refractivity contribution in [1.82, 2.24) is 4.72 Å². The maximum Gasteiger partial charge on any atom is 0.239 e. The lowest BCUT2D eigenvalue weighted by molar-refractivity contribution is -0.111. The Morgan fingerprint density at radius 3 is 2.28 bits per heavy atom. The van der Waals surface area contributed by atoms with Crippen molar-refractivity contribution in [1.29, 1.82) is 0 Å². The number of ether oxygens (including phenoxy) is 1. The van der Waals surface area contributed by atoms with E-state index in [0.717, 1.165) is 30.4 Å². The molecular formula is C27H45N3O5S. The molecule has 1 aromatic rings. The summed E-state index contributed by atoms with van der Waals surface area (Å²) in [5.74, 6) is 0.296. The van der Waals surface area contributed by atoms with Crippen LogP contribution in [0.4, 0.5) is 5.69 Å². The van der Waals surface area contributed by atoms with Crippen LogP contribution in [0.1, 0.15) is 53.0 Å². The fourth-order valence-electron chi connectivity index (χ4n) is 2.65. The molecule has 0 saturated heterocycles. The van der Waals surface area contributed by atoms with E-state index in [2.05, 4.69) is 16.3 Å². The number of amides is 1. The minimum Gasteiger partial charge on any atom is -0.383 e. The third-order valence-corrected chi connectivity index (χ3v) is 6.45. The van der Waals surface area contributed by atoms with Gasteiger partial charge in [0.1, 0.15) is 12.1 Å². The highest BCUT2D eigenvalue weighted by Gasteiger charge is 2.18.